The smallest absolute Gasteiger partial charge is 0.478 e. The standard InChI is InChI=1S/C25H40N2O12/c26-6-9-33-12-14-36-16-18-37-17-15-35-13-11-32-8-5-23(28)27-7-10-34-19-20-38-25(31)39-22-3-1-21(2-4-22)24(29)30/h1-4H,5-20,26H2,(H,27,28)(H,29,30). The molecule has 0 saturated carbocycles. The van der Waals surface area contributed by atoms with Crippen molar-refractivity contribution in [1.29, 1.82) is 0 Å². The van der Waals surface area contributed by atoms with Gasteiger partial charge in [-0.15, -0.1) is 0 Å². The molecular formula is C25H40N2O12. The van der Waals surface area contributed by atoms with Gasteiger partial charge in [0, 0.05) is 19.5 Å². The molecule has 0 heterocycles. The summed E-state index contributed by atoms with van der Waals surface area (Å²) in [4.78, 5) is 34.1. The Morgan fingerprint density at radius 2 is 1.15 bits per heavy atom. The molecule has 39 heavy (non-hydrogen) atoms. The molecule has 1 aromatic rings. The van der Waals surface area contributed by atoms with Crippen LogP contribution in [0.25, 0.3) is 0 Å². The van der Waals surface area contributed by atoms with Crippen LogP contribution in [-0.4, -0.2) is 122 Å². The molecule has 0 spiro atoms. The molecule has 0 atom stereocenters. The number of carboxylic acids is 1. The number of nitrogens with two attached hydrogens (primary N) is 1. The van der Waals surface area contributed by atoms with Gasteiger partial charge in [0.1, 0.15) is 12.4 Å². The molecule has 4 N–H and O–H groups in total. The molecule has 1 amide bonds. The Kier molecular flexibility index (Phi) is 21.2. The quantitative estimate of drug-likeness (QED) is 0.0852. The topological polar surface area (TPSA) is 183 Å². The summed E-state index contributed by atoms with van der Waals surface area (Å²) in [5.74, 6) is -1.09. The molecule has 0 aliphatic rings. The van der Waals surface area contributed by atoms with Crippen LogP contribution in [0.2, 0.25) is 0 Å². The fraction of sp³-hybridized carbons (Fsp3) is 0.640. The van der Waals surface area contributed by atoms with Crippen molar-refractivity contribution in [2.75, 3.05) is 99.0 Å². The van der Waals surface area contributed by atoms with Crippen molar-refractivity contribution < 1.29 is 57.4 Å². The third-order valence-electron chi connectivity index (χ3n) is 4.54. The normalized spacial score (nSPS) is 10.8. The van der Waals surface area contributed by atoms with Gasteiger partial charge in [0.2, 0.25) is 5.91 Å². The molecule has 14 heteroatoms. The number of amides is 1. The summed E-state index contributed by atoms with van der Waals surface area (Å²) in [6.07, 6.45) is -0.723. The van der Waals surface area contributed by atoms with Gasteiger partial charge in [-0.2, -0.15) is 0 Å². The molecule has 1 rings (SSSR count). The summed E-state index contributed by atoms with van der Waals surface area (Å²) in [5.41, 5.74) is 5.38. The molecular weight excluding hydrogens is 520 g/mol. The van der Waals surface area contributed by atoms with E-state index in [1.54, 1.807) is 0 Å². The molecule has 0 unspecified atom stereocenters. The molecule has 14 nitrogen and oxygen atoms in total. The highest BCUT2D eigenvalue weighted by Crippen LogP contribution is 2.12. The van der Waals surface area contributed by atoms with Crippen LogP contribution in [0.3, 0.4) is 0 Å². The van der Waals surface area contributed by atoms with Gasteiger partial charge in [0.25, 0.3) is 0 Å². The zero-order valence-corrected chi connectivity index (χ0v) is 22.1. The summed E-state index contributed by atoms with van der Waals surface area (Å²) < 4.78 is 41.7. The first-order valence-corrected chi connectivity index (χ1v) is 12.6. The minimum Gasteiger partial charge on any atom is -0.478 e. The predicted molar refractivity (Wildman–Crippen MR) is 137 cm³/mol. The number of nitrogens with one attached hydrogen (secondary N) is 1. The van der Waals surface area contributed by atoms with Crippen LogP contribution in [0.15, 0.2) is 24.3 Å². The Bertz CT molecular complexity index is 779. The molecule has 0 radical (unpaired) electrons. The third-order valence-corrected chi connectivity index (χ3v) is 4.54. The van der Waals surface area contributed by atoms with Gasteiger partial charge in [0.15, 0.2) is 0 Å². The lowest BCUT2D eigenvalue weighted by atomic mass is 10.2. The average Bonchev–Trinajstić information content (AvgIpc) is 2.92. The fourth-order valence-electron chi connectivity index (χ4n) is 2.66. The maximum Gasteiger partial charge on any atom is 0.513 e. The number of carbonyl (C=O) groups excluding carboxylic acids is 2. The lowest BCUT2D eigenvalue weighted by Crippen LogP contribution is -2.28. The summed E-state index contributed by atoms with van der Waals surface area (Å²) in [6, 6.07) is 5.32. The second-order valence-electron chi connectivity index (χ2n) is 7.59. The number of ether oxygens (including phenoxy) is 8. The molecule has 0 fully saturated rings. The first-order chi connectivity index (χ1) is 19.0. The third kappa shape index (κ3) is 20.7. The molecule has 222 valence electrons. The van der Waals surface area contributed by atoms with Gasteiger partial charge >= 0.3 is 12.1 Å². The maximum atomic E-state index is 11.8. The number of aromatic carboxylic acids is 1. The molecule has 0 bridgehead atoms. The number of rotatable bonds is 25. The summed E-state index contributed by atoms with van der Waals surface area (Å²) in [6.45, 7) is 5.60. The predicted octanol–water partition coefficient (Wildman–Crippen LogP) is 0.465. The second-order valence-corrected chi connectivity index (χ2v) is 7.59. The summed E-state index contributed by atoms with van der Waals surface area (Å²) >= 11 is 0. The molecule has 1 aromatic carbocycles. The highest BCUT2D eigenvalue weighted by molar-refractivity contribution is 5.87. The van der Waals surface area contributed by atoms with E-state index in [0.29, 0.717) is 72.6 Å². The Hall–Kier alpha value is -2.85. The summed E-state index contributed by atoms with van der Waals surface area (Å²) in [5, 5.41) is 11.5. The van der Waals surface area contributed by atoms with Crippen LogP contribution < -0.4 is 15.8 Å². The minimum absolute atomic E-state index is 0.0394. The van der Waals surface area contributed by atoms with Crippen molar-refractivity contribution in [3.8, 4) is 5.75 Å². The van der Waals surface area contributed by atoms with Crippen molar-refractivity contribution in [2.24, 2.45) is 5.73 Å². The van der Waals surface area contributed by atoms with E-state index < -0.39 is 12.1 Å². The number of carboxylic acid groups (broad SMARTS) is 1. The number of hydrogen-bond acceptors (Lipinski definition) is 12. The summed E-state index contributed by atoms with van der Waals surface area (Å²) in [7, 11) is 0. The molecule has 0 aromatic heterocycles. The van der Waals surface area contributed by atoms with Crippen LogP contribution in [0.4, 0.5) is 4.79 Å². The van der Waals surface area contributed by atoms with E-state index in [1.807, 2.05) is 0 Å². The van der Waals surface area contributed by atoms with Gasteiger partial charge in [-0.1, -0.05) is 0 Å². The number of hydrogen-bond donors (Lipinski definition) is 3. The molecule has 0 aliphatic carbocycles. The zero-order valence-electron chi connectivity index (χ0n) is 22.1. The zero-order chi connectivity index (χ0) is 28.4. The van der Waals surface area contributed by atoms with Gasteiger partial charge < -0.3 is 54.1 Å². The number of carbonyl (C=O) groups is 3. The van der Waals surface area contributed by atoms with Crippen LogP contribution in [0.1, 0.15) is 16.8 Å². The lowest BCUT2D eigenvalue weighted by Gasteiger charge is -2.09. The van der Waals surface area contributed by atoms with Crippen molar-refractivity contribution >= 4 is 18.0 Å². The monoisotopic (exact) mass is 560 g/mol. The van der Waals surface area contributed by atoms with Crippen LogP contribution in [0.5, 0.6) is 5.75 Å². The van der Waals surface area contributed by atoms with Crippen molar-refractivity contribution in [3.05, 3.63) is 29.8 Å². The van der Waals surface area contributed by atoms with Gasteiger partial charge in [-0.05, 0) is 24.3 Å². The van der Waals surface area contributed by atoms with Gasteiger partial charge in [0.05, 0.1) is 84.8 Å². The van der Waals surface area contributed by atoms with Crippen LogP contribution in [-0.2, 0) is 38.0 Å². The highest BCUT2D eigenvalue weighted by atomic mass is 16.7. The van der Waals surface area contributed by atoms with Crippen molar-refractivity contribution in [2.45, 2.75) is 6.42 Å². The first-order valence-electron chi connectivity index (χ1n) is 12.6. The Labute approximate surface area is 227 Å². The van der Waals surface area contributed by atoms with E-state index >= 15 is 0 Å². The largest absolute Gasteiger partial charge is 0.513 e. The van der Waals surface area contributed by atoms with E-state index in [1.165, 1.54) is 24.3 Å². The second kappa shape index (κ2) is 24.2. The van der Waals surface area contributed by atoms with Gasteiger partial charge in [-0.3, -0.25) is 4.79 Å². The van der Waals surface area contributed by atoms with Crippen molar-refractivity contribution in [3.63, 3.8) is 0 Å². The Morgan fingerprint density at radius 3 is 1.69 bits per heavy atom. The minimum atomic E-state index is -1.08. The van der Waals surface area contributed by atoms with Crippen molar-refractivity contribution in [1.82, 2.24) is 5.32 Å². The fourth-order valence-corrected chi connectivity index (χ4v) is 2.66. The van der Waals surface area contributed by atoms with Crippen LogP contribution in [0, 0.1) is 0 Å². The highest BCUT2D eigenvalue weighted by Gasteiger charge is 2.08. The average molecular weight is 561 g/mol. The maximum absolute atomic E-state index is 11.8. The van der Waals surface area contributed by atoms with Gasteiger partial charge in [-0.25, -0.2) is 9.59 Å². The molecule has 0 aliphatic heterocycles. The van der Waals surface area contributed by atoms with E-state index in [0.717, 1.165) is 0 Å². The Balaban J connectivity index is 1.81. The number of benzene rings is 1. The SMILES string of the molecule is NCCOCCOCCOCCOCCOCCC(=O)NCCOCCOC(=O)Oc1ccc(C(=O)O)cc1. The van der Waals surface area contributed by atoms with E-state index in [4.69, 9.17) is 48.7 Å². The van der Waals surface area contributed by atoms with Crippen LogP contribution >= 0.6 is 0 Å². The van der Waals surface area contributed by atoms with E-state index in [9.17, 15) is 14.4 Å². The van der Waals surface area contributed by atoms with E-state index in [2.05, 4.69) is 5.32 Å². The van der Waals surface area contributed by atoms with E-state index in [-0.39, 0.29) is 50.1 Å². The lowest BCUT2D eigenvalue weighted by molar-refractivity contribution is -0.122. The Morgan fingerprint density at radius 1 is 0.667 bits per heavy atom. The molecule has 0 saturated heterocycles. The first kappa shape index (κ1) is 34.2.